The lowest BCUT2D eigenvalue weighted by atomic mass is 10.00. The average molecular weight is 348 g/mol. The van der Waals surface area contributed by atoms with E-state index in [9.17, 15) is 4.79 Å². The summed E-state index contributed by atoms with van der Waals surface area (Å²) in [6, 6.07) is 9.87. The molecule has 1 aromatic carbocycles. The third-order valence-electron chi connectivity index (χ3n) is 2.72. The first-order valence-electron chi connectivity index (χ1n) is 5.06. The number of hydrogen-bond acceptors (Lipinski definition) is 2. The molecule has 1 aromatic rings. The van der Waals surface area contributed by atoms with Crippen LogP contribution in [0.2, 0.25) is 0 Å². The predicted molar refractivity (Wildman–Crippen MR) is 70.2 cm³/mol. The molecule has 1 aliphatic heterocycles. The van der Waals surface area contributed by atoms with E-state index in [0.717, 1.165) is 5.56 Å². The smallest absolute Gasteiger partial charge is 0.181 e. The molecule has 4 heteroatoms. The Morgan fingerprint density at radius 1 is 1.38 bits per heavy atom. The second-order valence-electron chi connectivity index (χ2n) is 4.10. The number of alkyl halides is 2. The fourth-order valence-electron chi connectivity index (χ4n) is 1.48. The van der Waals surface area contributed by atoms with Crippen molar-refractivity contribution < 1.29 is 9.53 Å². The largest absolute Gasteiger partial charge is 0.362 e. The lowest BCUT2D eigenvalue weighted by Gasteiger charge is -2.17. The number of Topliss-reactive ketones (excluding diaryl/α,β-unsaturated/α-hetero) is 1. The van der Waals surface area contributed by atoms with Crippen LogP contribution in [-0.2, 0) is 9.53 Å². The number of carbonyl (C=O) groups excluding carboxylic acids is 1. The van der Waals surface area contributed by atoms with E-state index >= 15 is 0 Å². The number of benzene rings is 1. The molecule has 3 unspecified atom stereocenters. The molecule has 1 saturated heterocycles. The normalized spacial score (nSPS) is 27.2. The standard InChI is InChI=1S/C12H12Br2O2/c1-12(7-16-12)11(15)10(14)9(13)8-5-3-2-4-6-8/h2-6,9-10H,7H2,1H3. The van der Waals surface area contributed by atoms with E-state index in [-0.39, 0.29) is 15.4 Å². The van der Waals surface area contributed by atoms with Gasteiger partial charge in [0.15, 0.2) is 5.78 Å². The third-order valence-corrected chi connectivity index (χ3v) is 5.44. The van der Waals surface area contributed by atoms with Gasteiger partial charge in [0, 0.05) is 0 Å². The highest BCUT2D eigenvalue weighted by Gasteiger charge is 2.50. The maximum absolute atomic E-state index is 12.0. The van der Waals surface area contributed by atoms with E-state index in [1.54, 1.807) is 0 Å². The monoisotopic (exact) mass is 346 g/mol. The molecular weight excluding hydrogens is 336 g/mol. The van der Waals surface area contributed by atoms with Crippen molar-refractivity contribution in [1.82, 2.24) is 0 Å². The van der Waals surface area contributed by atoms with Crippen molar-refractivity contribution in [2.75, 3.05) is 6.61 Å². The predicted octanol–water partition coefficient (Wildman–Crippen LogP) is 3.24. The number of carbonyl (C=O) groups is 1. The van der Waals surface area contributed by atoms with E-state index < -0.39 is 5.60 Å². The first kappa shape index (κ1) is 12.3. The molecule has 0 aliphatic carbocycles. The van der Waals surface area contributed by atoms with Crippen LogP contribution in [0.5, 0.6) is 0 Å². The van der Waals surface area contributed by atoms with Crippen molar-refractivity contribution in [2.24, 2.45) is 0 Å². The van der Waals surface area contributed by atoms with Crippen LogP contribution in [0.25, 0.3) is 0 Å². The summed E-state index contributed by atoms with van der Waals surface area (Å²) < 4.78 is 5.16. The number of rotatable bonds is 4. The van der Waals surface area contributed by atoms with Gasteiger partial charge in [-0.3, -0.25) is 4.79 Å². The van der Waals surface area contributed by atoms with Crippen LogP contribution in [-0.4, -0.2) is 22.8 Å². The summed E-state index contributed by atoms with van der Waals surface area (Å²) in [6.07, 6.45) is 0. The molecule has 0 bridgehead atoms. The Balaban J connectivity index is 2.10. The van der Waals surface area contributed by atoms with Gasteiger partial charge < -0.3 is 4.74 Å². The topological polar surface area (TPSA) is 29.6 Å². The van der Waals surface area contributed by atoms with Crippen LogP contribution in [0, 0.1) is 0 Å². The molecule has 2 rings (SSSR count). The van der Waals surface area contributed by atoms with E-state index in [4.69, 9.17) is 4.74 Å². The number of hydrogen-bond donors (Lipinski definition) is 0. The van der Waals surface area contributed by atoms with Crippen molar-refractivity contribution in [3.63, 3.8) is 0 Å². The van der Waals surface area contributed by atoms with Crippen LogP contribution in [0.1, 0.15) is 17.3 Å². The molecule has 0 saturated carbocycles. The molecular formula is C12H12Br2O2. The molecule has 3 atom stereocenters. The van der Waals surface area contributed by atoms with Gasteiger partial charge in [-0.1, -0.05) is 62.2 Å². The zero-order chi connectivity index (χ0) is 11.8. The van der Waals surface area contributed by atoms with Crippen LogP contribution in [0.4, 0.5) is 0 Å². The molecule has 1 aliphatic rings. The van der Waals surface area contributed by atoms with E-state index in [1.165, 1.54) is 0 Å². The maximum Gasteiger partial charge on any atom is 0.181 e. The summed E-state index contributed by atoms with van der Waals surface area (Å²) in [7, 11) is 0. The fourth-order valence-corrected chi connectivity index (χ4v) is 2.82. The van der Waals surface area contributed by atoms with Crippen LogP contribution in [0.15, 0.2) is 30.3 Å². The summed E-state index contributed by atoms with van der Waals surface area (Å²) in [4.78, 5) is 11.8. The molecule has 0 radical (unpaired) electrons. The second kappa shape index (κ2) is 4.59. The van der Waals surface area contributed by atoms with Gasteiger partial charge in [-0.15, -0.1) is 0 Å². The molecule has 0 aromatic heterocycles. The first-order chi connectivity index (χ1) is 7.54. The maximum atomic E-state index is 12.0. The second-order valence-corrected chi connectivity index (χ2v) is 6.07. The minimum Gasteiger partial charge on any atom is -0.362 e. The highest BCUT2D eigenvalue weighted by molar-refractivity contribution is 9.12. The Morgan fingerprint density at radius 3 is 2.44 bits per heavy atom. The highest BCUT2D eigenvalue weighted by atomic mass is 79.9. The minimum atomic E-state index is -0.574. The van der Waals surface area contributed by atoms with Crippen molar-refractivity contribution in [3.8, 4) is 0 Å². The van der Waals surface area contributed by atoms with E-state index in [1.807, 2.05) is 37.3 Å². The Labute approximate surface area is 112 Å². The average Bonchev–Trinajstić information content (AvgIpc) is 3.07. The van der Waals surface area contributed by atoms with Crippen LogP contribution >= 0.6 is 31.9 Å². The number of halogens is 2. The summed E-state index contributed by atoms with van der Waals surface area (Å²) in [5.74, 6) is 0.0956. The van der Waals surface area contributed by atoms with Gasteiger partial charge in [-0.25, -0.2) is 0 Å². The summed E-state index contributed by atoms with van der Waals surface area (Å²) in [6.45, 7) is 2.36. The zero-order valence-corrected chi connectivity index (χ0v) is 12.0. The van der Waals surface area contributed by atoms with Gasteiger partial charge in [0.25, 0.3) is 0 Å². The molecule has 2 nitrogen and oxygen atoms in total. The number of ketones is 1. The van der Waals surface area contributed by atoms with E-state index in [0.29, 0.717) is 6.61 Å². The Hall–Kier alpha value is -0.190. The Bertz CT molecular complexity index is 387. The number of ether oxygens (including phenoxy) is 1. The van der Waals surface area contributed by atoms with Crippen molar-refractivity contribution in [3.05, 3.63) is 35.9 Å². The molecule has 1 fully saturated rings. The van der Waals surface area contributed by atoms with Crippen molar-refractivity contribution >= 4 is 37.6 Å². The van der Waals surface area contributed by atoms with Gasteiger partial charge in [-0.05, 0) is 12.5 Å². The molecule has 0 amide bonds. The molecule has 86 valence electrons. The first-order valence-corrected chi connectivity index (χ1v) is 6.89. The van der Waals surface area contributed by atoms with Gasteiger partial charge in [-0.2, -0.15) is 0 Å². The zero-order valence-electron chi connectivity index (χ0n) is 8.82. The number of epoxide rings is 1. The lowest BCUT2D eigenvalue weighted by molar-refractivity contribution is -0.122. The molecule has 0 spiro atoms. The Kier molecular flexibility index (Phi) is 3.52. The Morgan fingerprint density at radius 2 is 1.94 bits per heavy atom. The molecule has 16 heavy (non-hydrogen) atoms. The summed E-state index contributed by atoms with van der Waals surface area (Å²) in [5, 5.41) is 0. The van der Waals surface area contributed by atoms with Gasteiger partial charge in [0.1, 0.15) is 5.60 Å². The van der Waals surface area contributed by atoms with Crippen molar-refractivity contribution in [1.29, 1.82) is 0 Å². The fraction of sp³-hybridized carbons (Fsp3) is 0.417. The summed E-state index contributed by atoms with van der Waals surface area (Å²) in [5.41, 5.74) is 0.511. The van der Waals surface area contributed by atoms with Crippen LogP contribution < -0.4 is 0 Å². The molecule has 0 N–H and O–H groups in total. The summed E-state index contributed by atoms with van der Waals surface area (Å²) >= 11 is 6.99. The highest BCUT2D eigenvalue weighted by Crippen LogP contribution is 2.38. The van der Waals surface area contributed by atoms with Gasteiger partial charge in [0.05, 0.1) is 16.3 Å². The quantitative estimate of drug-likeness (QED) is 0.618. The van der Waals surface area contributed by atoms with Crippen LogP contribution in [0.3, 0.4) is 0 Å². The van der Waals surface area contributed by atoms with Crippen molar-refractivity contribution in [2.45, 2.75) is 22.2 Å². The minimum absolute atomic E-state index is 0.0257. The van der Waals surface area contributed by atoms with Gasteiger partial charge in [0.2, 0.25) is 0 Å². The molecule has 1 heterocycles. The lowest BCUT2D eigenvalue weighted by Crippen LogP contribution is -2.31. The third kappa shape index (κ3) is 2.39. The van der Waals surface area contributed by atoms with Gasteiger partial charge >= 0.3 is 0 Å². The van der Waals surface area contributed by atoms with E-state index in [2.05, 4.69) is 31.9 Å². The SMILES string of the molecule is CC1(C(=O)C(Br)C(Br)c2ccccc2)CO1.